The summed E-state index contributed by atoms with van der Waals surface area (Å²) in [6, 6.07) is 21.9. The molecular formula is C26H32. The van der Waals surface area contributed by atoms with Gasteiger partial charge in [0.1, 0.15) is 0 Å². The highest BCUT2D eigenvalue weighted by Gasteiger charge is 2.28. The van der Waals surface area contributed by atoms with Gasteiger partial charge in [0.2, 0.25) is 0 Å². The van der Waals surface area contributed by atoms with Crippen LogP contribution in [0.1, 0.15) is 63.0 Å². The van der Waals surface area contributed by atoms with Crippen LogP contribution in [0.3, 0.4) is 0 Å². The third-order valence-electron chi connectivity index (χ3n) is 6.01. The molecule has 0 fully saturated rings. The molecule has 0 radical (unpaired) electrons. The van der Waals surface area contributed by atoms with Gasteiger partial charge in [0.05, 0.1) is 0 Å². The molecule has 0 nitrogen and oxygen atoms in total. The van der Waals surface area contributed by atoms with E-state index in [1.807, 2.05) is 0 Å². The Bertz CT molecular complexity index is 723. The summed E-state index contributed by atoms with van der Waals surface area (Å²) in [4.78, 5) is 0. The van der Waals surface area contributed by atoms with Gasteiger partial charge in [-0.3, -0.25) is 0 Å². The van der Waals surface area contributed by atoms with Gasteiger partial charge in [-0.25, -0.2) is 0 Å². The first-order valence-corrected chi connectivity index (χ1v) is 10.2. The van der Waals surface area contributed by atoms with Gasteiger partial charge in [-0.05, 0) is 40.9 Å². The van der Waals surface area contributed by atoms with Gasteiger partial charge in [-0.15, -0.1) is 0 Å². The first-order valence-electron chi connectivity index (χ1n) is 10.2. The largest absolute Gasteiger partial charge is 0.0805 e. The third kappa shape index (κ3) is 4.36. The molecule has 0 amide bonds. The van der Waals surface area contributed by atoms with Gasteiger partial charge in [0, 0.05) is 5.92 Å². The monoisotopic (exact) mass is 344 g/mol. The first kappa shape index (κ1) is 18.7. The van der Waals surface area contributed by atoms with E-state index in [9.17, 15) is 0 Å². The fourth-order valence-corrected chi connectivity index (χ4v) is 4.21. The fourth-order valence-electron chi connectivity index (χ4n) is 4.21. The lowest BCUT2D eigenvalue weighted by Gasteiger charge is -2.33. The number of unbranched alkanes of at least 4 members (excludes halogenated alkanes) is 1. The maximum atomic E-state index is 2.58. The van der Waals surface area contributed by atoms with Crippen molar-refractivity contribution in [2.45, 2.75) is 51.9 Å². The van der Waals surface area contributed by atoms with Crippen molar-refractivity contribution in [3.05, 3.63) is 95.6 Å². The average Bonchev–Trinajstić information content (AvgIpc) is 2.72. The number of allylic oxidation sites excluding steroid dienone is 4. The van der Waals surface area contributed by atoms with E-state index in [2.05, 4.69) is 99.7 Å². The summed E-state index contributed by atoms with van der Waals surface area (Å²) in [5.74, 6) is 2.22. The highest BCUT2D eigenvalue weighted by atomic mass is 14.3. The molecule has 136 valence electrons. The van der Waals surface area contributed by atoms with Gasteiger partial charge >= 0.3 is 0 Å². The molecule has 0 heterocycles. The van der Waals surface area contributed by atoms with E-state index < -0.39 is 0 Å². The SMILES string of the molecule is CCCCC1C=CC(C(C)c2ccccc2)=CC1C(C)c1ccccc1. The summed E-state index contributed by atoms with van der Waals surface area (Å²) >= 11 is 0. The van der Waals surface area contributed by atoms with Crippen LogP contribution in [0.25, 0.3) is 0 Å². The molecule has 0 saturated heterocycles. The Kier molecular flexibility index (Phi) is 6.50. The van der Waals surface area contributed by atoms with Crippen molar-refractivity contribution >= 4 is 0 Å². The molecular weight excluding hydrogens is 312 g/mol. The van der Waals surface area contributed by atoms with Crippen LogP contribution in [0.5, 0.6) is 0 Å². The van der Waals surface area contributed by atoms with Crippen LogP contribution in [0.2, 0.25) is 0 Å². The molecule has 4 atom stereocenters. The van der Waals surface area contributed by atoms with Crippen LogP contribution in [0.4, 0.5) is 0 Å². The van der Waals surface area contributed by atoms with Crippen LogP contribution < -0.4 is 0 Å². The summed E-state index contributed by atoms with van der Waals surface area (Å²) < 4.78 is 0. The molecule has 0 aromatic heterocycles. The molecule has 0 aliphatic heterocycles. The smallest absolute Gasteiger partial charge is 0.00578 e. The number of rotatable bonds is 7. The van der Waals surface area contributed by atoms with Gasteiger partial charge in [-0.2, -0.15) is 0 Å². The minimum atomic E-state index is 0.449. The Morgan fingerprint density at radius 1 is 0.846 bits per heavy atom. The van der Waals surface area contributed by atoms with E-state index in [0.717, 1.165) is 0 Å². The topological polar surface area (TPSA) is 0 Å². The second kappa shape index (κ2) is 9.03. The van der Waals surface area contributed by atoms with Crippen LogP contribution in [-0.4, -0.2) is 0 Å². The van der Waals surface area contributed by atoms with E-state index in [1.165, 1.54) is 36.0 Å². The average molecular weight is 345 g/mol. The molecule has 26 heavy (non-hydrogen) atoms. The van der Waals surface area contributed by atoms with Crippen molar-refractivity contribution < 1.29 is 0 Å². The predicted octanol–water partition coefficient (Wildman–Crippen LogP) is 7.51. The Balaban J connectivity index is 1.87. The molecule has 1 aliphatic rings. The fraction of sp³-hybridized carbons (Fsp3) is 0.385. The van der Waals surface area contributed by atoms with Crippen molar-refractivity contribution in [3.63, 3.8) is 0 Å². The third-order valence-corrected chi connectivity index (χ3v) is 6.01. The molecule has 3 rings (SSSR count). The second-order valence-corrected chi connectivity index (χ2v) is 7.74. The van der Waals surface area contributed by atoms with Crippen molar-refractivity contribution in [3.8, 4) is 0 Å². The van der Waals surface area contributed by atoms with Gasteiger partial charge in [0.15, 0.2) is 0 Å². The molecule has 2 aromatic carbocycles. The number of hydrogen-bond donors (Lipinski definition) is 0. The van der Waals surface area contributed by atoms with Crippen LogP contribution in [0, 0.1) is 11.8 Å². The Morgan fingerprint density at radius 2 is 1.46 bits per heavy atom. The van der Waals surface area contributed by atoms with Crippen molar-refractivity contribution in [2.24, 2.45) is 11.8 Å². The lowest BCUT2D eigenvalue weighted by molar-refractivity contribution is 0.376. The molecule has 4 unspecified atom stereocenters. The maximum absolute atomic E-state index is 2.58. The normalized spacial score (nSPS) is 21.9. The minimum Gasteiger partial charge on any atom is -0.0805 e. The van der Waals surface area contributed by atoms with Crippen LogP contribution >= 0.6 is 0 Å². The number of benzene rings is 2. The second-order valence-electron chi connectivity index (χ2n) is 7.74. The summed E-state index contributed by atoms with van der Waals surface area (Å²) in [7, 11) is 0. The molecule has 1 aliphatic carbocycles. The van der Waals surface area contributed by atoms with E-state index in [0.29, 0.717) is 23.7 Å². The lowest BCUT2D eigenvalue weighted by Crippen LogP contribution is -2.21. The lowest BCUT2D eigenvalue weighted by atomic mass is 9.72. The summed E-state index contributed by atoms with van der Waals surface area (Å²) in [6.45, 7) is 7.03. The molecule has 0 bridgehead atoms. The first-order chi connectivity index (χ1) is 12.7. The molecule has 0 N–H and O–H groups in total. The zero-order valence-electron chi connectivity index (χ0n) is 16.4. The highest BCUT2D eigenvalue weighted by molar-refractivity contribution is 5.38. The van der Waals surface area contributed by atoms with Gasteiger partial charge in [0.25, 0.3) is 0 Å². The van der Waals surface area contributed by atoms with Crippen molar-refractivity contribution in [1.29, 1.82) is 0 Å². The minimum absolute atomic E-state index is 0.449. The highest BCUT2D eigenvalue weighted by Crippen LogP contribution is 2.40. The maximum Gasteiger partial charge on any atom is 0.00578 e. The molecule has 2 aromatic rings. The summed E-state index contributed by atoms with van der Waals surface area (Å²) in [5, 5.41) is 0. The summed E-state index contributed by atoms with van der Waals surface area (Å²) in [5.41, 5.74) is 4.33. The molecule has 0 heteroatoms. The summed E-state index contributed by atoms with van der Waals surface area (Å²) in [6.07, 6.45) is 11.3. The predicted molar refractivity (Wildman–Crippen MR) is 113 cm³/mol. The zero-order chi connectivity index (χ0) is 18.4. The van der Waals surface area contributed by atoms with Crippen LogP contribution in [-0.2, 0) is 0 Å². The van der Waals surface area contributed by atoms with E-state index in [-0.39, 0.29) is 0 Å². The van der Waals surface area contributed by atoms with E-state index in [1.54, 1.807) is 0 Å². The van der Waals surface area contributed by atoms with Crippen molar-refractivity contribution in [2.75, 3.05) is 0 Å². The molecule has 0 saturated carbocycles. The van der Waals surface area contributed by atoms with Gasteiger partial charge in [-0.1, -0.05) is 113 Å². The Hall–Kier alpha value is -2.08. The molecule has 0 spiro atoms. The van der Waals surface area contributed by atoms with Crippen LogP contribution in [0.15, 0.2) is 84.5 Å². The van der Waals surface area contributed by atoms with E-state index >= 15 is 0 Å². The Morgan fingerprint density at radius 3 is 2.08 bits per heavy atom. The standard InChI is InChI=1S/C26H32/c1-4-5-12-24-17-18-25(20(2)22-13-8-6-9-14-22)19-26(24)21(3)23-15-10-7-11-16-23/h6-11,13-21,24,26H,4-5,12H2,1-3H3. The Labute approximate surface area is 159 Å². The number of hydrogen-bond acceptors (Lipinski definition) is 0. The van der Waals surface area contributed by atoms with Crippen molar-refractivity contribution in [1.82, 2.24) is 0 Å². The quantitative estimate of drug-likeness (QED) is 0.487. The van der Waals surface area contributed by atoms with E-state index in [4.69, 9.17) is 0 Å². The zero-order valence-corrected chi connectivity index (χ0v) is 16.4. The van der Waals surface area contributed by atoms with Gasteiger partial charge < -0.3 is 0 Å².